The van der Waals surface area contributed by atoms with E-state index < -0.39 is 0 Å². The van der Waals surface area contributed by atoms with E-state index in [9.17, 15) is 0 Å². The molecule has 0 saturated heterocycles. The van der Waals surface area contributed by atoms with Crippen molar-refractivity contribution in [3.8, 4) is 0 Å². The lowest BCUT2D eigenvalue weighted by molar-refractivity contribution is 0.832. The first-order valence-corrected chi connectivity index (χ1v) is 8.45. The fourth-order valence-electron chi connectivity index (χ4n) is 3.23. The highest BCUT2D eigenvalue weighted by Gasteiger charge is 2.07. The Morgan fingerprint density at radius 3 is 2.44 bits per heavy atom. The van der Waals surface area contributed by atoms with Gasteiger partial charge in [0.05, 0.1) is 11.0 Å². The highest BCUT2D eigenvalue weighted by atomic mass is 15.3. The van der Waals surface area contributed by atoms with Crippen molar-refractivity contribution in [1.29, 1.82) is 0 Å². The van der Waals surface area contributed by atoms with Gasteiger partial charge >= 0.3 is 0 Å². The lowest BCUT2D eigenvalue weighted by atomic mass is 10.1. The Morgan fingerprint density at radius 2 is 1.48 bits per heavy atom. The zero-order valence-electron chi connectivity index (χ0n) is 13.6. The lowest BCUT2D eigenvalue weighted by Gasteiger charge is -2.01. The van der Waals surface area contributed by atoms with Crippen LogP contribution in [0.3, 0.4) is 0 Å². The summed E-state index contributed by atoms with van der Waals surface area (Å²) in [5.74, 6) is 0.853. The molecular weight excluding hydrogens is 308 g/mol. The van der Waals surface area contributed by atoms with Gasteiger partial charge in [0.1, 0.15) is 0 Å². The Hall–Kier alpha value is -3.27. The van der Waals surface area contributed by atoms with Crippen LogP contribution in [-0.4, -0.2) is 19.6 Å². The van der Waals surface area contributed by atoms with E-state index in [1.165, 1.54) is 10.8 Å². The zero-order chi connectivity index (χ0) is 16.6. The smallest absolute Gasteiger partial charge is 0.156 e. The van der Waals surface area contributed by atoms with E-state index in [-0.39, 0.29) is 0 Å². The fraction of sp³-hybridized carbons (Fsp3) is 0.0952. The normalized spacial score (nSPS) is 11.5. The molecule has 0 aliphatic carbocycles. The van der Waals surface area contributed by atoms with Crippen molar-refractivity contribution in [3.05, 3.63) is 84.3 Å². The van der Waals surface area contributed by atoms with Crippen LogP contribution in [0.25, 0.3) is 27.5 Å². The van der Waals surface area contributed by atoms with Crippen LogP contribution in [0.15, 0.2) is 72.8 Å². The summed E-state index contributed by atoms with van der Waals surface area (Å²) in [7, 11) is 0. The van der Waals surface area contributed by atoms with Gasteiger partial charge in [0.2, 0.25) is 0 Å². The van der Waals surface area contributed by atoms with Crippen LogP contribution in [0.5, 0.6) is 0 Å². The standard InChI is InChI=1S/C21H16N4/c1-3-7-18-15(5-1)9-11-17(22-18)12-13-20-23-21-14-10-16-6-2-4-8-19(16)25(21)24-20/h1-11,14H,12-13H2. The largest absolute Gasteiger partial charge is 0.253 e. The SMILES string of the molecule is c1ccc2nc(CCc3nc4ccc5ccccc5n4n3)ccc2c1. The molecule has 120 valence electrons. The molecule has 0 saturated carbocycles. The van der Waals surface area contributed by atoms with Crippen molar-refractivity contribution in [3.63, 3.8) is 0 Å². The van der Waals surface area contributed by atoms with Crippen LogP contribution in [0, 0.1) is 0 Å². The Kier molecular flexibility index (Phi) is 3.20. The average Bonchev–Trinajstić information content (AvgIpc) is 3.10. The summed E-state index contributed by atoms with van der Waals surface area (Å²) in [6.45, 7) is 0. The Morgan fingerprint density at radius 1 is 0.680 bits per heavy atom. The summed E-state index contributed by atoms with van der Waals surface area (Å²) in [5, 5.41) is 7.04. The molecule has 5 rings (SSSR count). The van der Waals surface area contributed by atoms with Crippen LogP contribution >= 0.6 is 0 Å². The molecule has 0 unspecified atom stereocenters. The Balaban J connectivity index is 1.46. The molecule has 0 fully saturated rings. The summed E-state index contributed by atoms with van der Waals surface area (Å²) in [6.07, 6.45) is 1.61. The minimum absolute atomic E-state index is 0.779. The van der Waals surface area contributed by atoms with Crippen molar-refractivity contribution in [1.82, 2.24) is 19.6 Å². The van der Waals surface area contributed by atoms with Crippen LogP contribution in [0.2, 0.25) is 0 Å². The second-order valence-corrected chi connectivity index (χ2v) is 6.19. The predicted octanol–water partition coefficient (Wildman–Crippen LogP) is 4.22. The number of aromatic nitrogens is 4. The van der Waals surface area contributed by atoms with Crippen molar-refractivity contribution < 1.29 is 0 Å². The summed E-state index contributed by atoms with van der Waals surface area (Å²) in [6, 6.07) is 24.8. The van der Waals surface area contributed by atoms with E-state index >= 15 is 0 Å². The van der Waals surface area contributed by atoms with Gasteiger partial charge in [-0.05, 0) is 36.8 Å². The van der Waals surface area contributed by atoms with Gasteiger partial charge in [-0.15, -0.1) is 0 Å². The van der Waals surface area contributed by atoms with Crippen molar-refractivity contribution in [2.24, 2.45) is 0 Å². The van der Waals surface area contributed by atoms with Gasteiger partial charge in [-0.1, -0.05) is 42.5 Å². The number of hydrogen-bond donors (Lipinski definition) is 0. The number of fused-ring (bicyclic) bond motifs is 4. The second-order valence-electron chi connectivity index (χ2n) is 6.19. The van der Waals surface area contributed by atoms with Gasteiger partial charge in [0.15, 0.2) is 11.5 Å². The van der Waals surface area contributed by atoms with Crippen molar-refractivity contribution in [2.75, 3.05) is 0 Å². The summed E-state index contributed by atoms with van der Waals surface area (Å²) < 4.78 is 1.93. The molecule has 0 aliphatic rings. The van der Waals surface area contributed by atoms with Gasteiger partial charge in [-0.25, -0.2) is 9.50 Å². The average molecular weight is 324 g/mol. The van der Waals surface area contributed by atoms with Gasteiger partial charge in [-0.3, -0.25) is 4.98 Å². The maximum atomic E-state index is 4.73. The zero-order valence-corrected chi connectivity index (χ0v) is 13.6. The Labute approximate surface area is 144 Å². The van der Waals surface area contributed by atoms with Crippen LogP contribution < -0.4 is 0 Å². The number of para-hydroxylation sites is 2. The van der Waals surface area contributed by atoms with E-state index in [4.69, 9.17) is 10.1 Å². The number of aryl methyl sites for hydroxylation is 2. The molecule has 4 heteroatoms. The monoisotopic (exact) mass is 324 g/mol. The van der Waals surface area contributed by atoms with Crippen LogP contribution in [-0.2, 0) is 12.8 Å². The van der Waals surface area contributed by atoms with Gasteiger partial charge in [0, 0.05) is 22.9 Å². The van der Waals surface area contributed by atoms with E-state index in [1.54, 1.807) is 0 Å². The molecule has 0 spiro atoms. The third-order valence-electron chi connectivity index (χ3n) is 4.51. The topological polar surface area (TPSA) is 43.1 Å². The van der Waals surface area contributed by atoms with Crippen molar-refractivity contribution >= 4 is 27.5 Å². The number of benzene rings is 2. The maximum absolute atomic E-state index is 4.73. The van der Waals surface area contributed by atoms with Gasteiger partial charge in [0.25, 0.3) is 0 Å². The maximum Gasteiger partial charge on any atom is 0.156 e. The summed E-state index contributed by atoms with van der Waals surface area (Å²) in [5.41, 5.74) is 4.08. The second kappa shape index (κ2) is 5.67. The lowest BCUT2D eigenvalue weighted by Crippen LogP contribution is -1.97. The van der Waals surface area contributed by atoms with Gasteiger partial charge in [-0.2, -0.15) is 5.10 Å². The first-order chi connectivity index (χ1) is 12.4. The highest BCUT2D eigenvalue weighted by Crippen LogP contribution is 2.16. The predicted molar refractivity (Wildman–Crippen MR) is 99.6 cm³/mol. The first kappa shape index (κ1) is 14.1. The molecule has 3 aromatic heterocycles. The van der Waals surface area contributed by atoms with E-state index in [2.05, 4.69) is 41.4 Å². The number of pyridine rings is 2. The molecule has 0 amide bonds. The molecule has 0 N–H and O–H groups in total. The summed E-state index contributed by atoms with van der Waals surface area (Å²) in [4.78, 5) is 9.40. The quantitative estimate of drug-likeness (QED) is 0.499. The van der Waals surface area contributed by atoms with Crippen LogP contribution in [0.1, 0.15) is 11.5 Å². The van der Waals surface area contributed by atoms with Gasteiger partial charge < -0.3 is 0 Å². The van der Waals surface area contributed by atoms with E-state index in [0.29, 0.717) is 0 Å². The van der Waals surface area contributed by atoms with E-state index in [1.807, 2.05) is 40.9 Å². The van der Waals surface area contributed by atoms with Crippen LogP contribution in [0.4, 0.5) is 0 Å². The molecule has 0 bridgehead atoms. The number of nitrogens with zero attached hydrogens (tertiary/aromatic N) is 4. The number of rotatable bonds is 3. The molecule has 5 aromatic rings. The highest BCUT2D eigenvalue weighted by molar-refractivity contribution is 5.81. The molecule has 0 radical (unpaired) electrons. The minimum Gasteiger partial charge on any atom is -0.253 e. The van der Waals surface area contributed by atoms with Crippen molar-refractivity contribution in [2.45, 2.75) is 12.8 Å². The molecule has 4 nitrogen and oxygen atoms in total. The fourth-order valence-corrected chi connectivity index (χ4v) is 3.23. The molecule has 3 heterocycles. The molecule has 0 atom stereocenters. The third kappa shape index (κ3) is 2.52. The molecule has 25 heavy (non-hydrogen) atoms. The Bertz CT molecular complexity index is 1210. The molecule has 2 aromatic carbocycles. The van der Waals surface area contributed by atoms with E-state index in [0.717, 1.165) is 41.0 Å². The molecular formula is C21H16N4. The first-order valence-electron chi connectivity index (χ1n) is 8.45. The number of hydrogen-bond acceptors (Lipinski definition) is 3. The summed E-state index contributed by atoms with van der Waals surface area (Å²) >= 11 is 0. The third-order valence-corrected chi connectivity index (χ3v) is 4.51. The minimum atomic E-state index is 0.779. The molecule has 0 aliphatic heterocycles.